The molecule has 5 heteroatoms. The van der Waals surface area contributed by atoms with Gasteiger partial charge in [0.05, 0.1) is 6.42 Å². The fraction of sp³-hybridized carbons (Fsp3) is 0.391. The van der Waals surface area contributed by atoms with Gasteiger partial charge in [0.2, 0.25) is 11.8 Å². The Kier molecular flexibility index (Phi) is 6.45. The zero-order chi connectivity index (χ0) is 20.1. The zero-order valence-electron chi connectivity index (χ0n) is 16.5. The van der Waals surface area contributed by atoms with Gasteiger partial charge < -0.3 is 9.80 Å². The largest absolute Gasteiger partial charge is 0.342 e. The summed E-state index contributed by atoms with van der Waals surface area (Å²) in [6.45, 7) is 5.69. The monoisotopic (exact) mass is 382 g/mol. The predicted octanol–water partition coefficient (Wildman–Crippen LogP) is 3.97. The van der Waals surface area contributed by atoms with Crippen molar-refractivity contribution in [1.82, 2.24) is 4.90 Å². The number of aryl methyl sites for hydroxylation is 1. The maximum Gasteiger partial charge on any atom is 0.230 e. The summed E-state index contributed by atoms with van der Waals surface area (Å²) in [5, 5.41) is 0. The smallest absolute Gasteiger partial charge is 0.230 e. The minimum Gasteiger partial charge on any atom is -0.342 e. The number of halogens is 1. The Morgan fingerprint density at radius 2 is 1.82 bits per heavy atom. The molecule has 3 rings (SSSR count). The maximum atomic E-state index is 13.8. The van der Waals surface area contributed by atoms with Crippen LogP contribution in [-0.2, 0) is 16.0 Å². The number of rotatable bonds is 5. The zero-order valence-corrected chi connectivity index (χ0v) is 16.5. The molecule has 148 valence electrons. The van der Waals surface area contributed by atoms with Crippen molar-refractivity contribution in [3.05, 3.63) is 65.5 Å². The van der Waals surface area contributed by atoms with Crippen LogP contribution in [0.5, 0.6) is 0 Å². The summed E-state index contributed by atoms with van der Waals surface area (Å²) in [4.78, 5) is 29.1. The maximum absolute atomic E-state index is 13.8. The molecule has 28 heavy (non-hydrogen) atoms. The highest BCUT2D eigenvalue weighted by Gasteiger charge is 2.30. The van der Waals surface area contributed by atoms with E-state index in [1.165, 1.54) is 6.07 Å². The summed E-state index contributed by atoms with van der Waals surface area (Å²) < 4.78 is 13.8. The second-order valence-electron chi connectivity index (χ2n) is 7.34. The SMILES string of the molecule is CCN(C(=O)C1CCN(C(=O)Cc2ccccc2F)CC1)c1cccc(C)c1. The first kappa shape index (κ1) is 20.1. The summed E-state index contributed by atoms with van der Waals surface area (Å²) in [6, 6.07) is 14.3. The van der Waals surface area contributed by atoms with E-state index in [-0.39, 0.29) is 30.0 Å². The van der Waals surface area contributed by atoms with Gasteiger partial charge in [-0.2, -0.15) is 0 Å². The lowest BCUT2D eigenvalue weighted by atomic mass is 9.94. The number of benzene rings is 2. The number of carbonyl (C=O) groups excluding carboxylic acids is 2. The molecule has 2 amide bonds. The van der Waals surface area contributed by atoms with Crippen LogP contribution in [0, 0.1) is 18.7 Å². The summed E-state index contributed by atoms with van der Waals surface area (Å²) in [7, 11) is 0. The molecule has 0 spiro atoms. The van der Waals surface area contributed by atoms with Crippen molar-refractivity contribution >= 4 is 17.5 Å². The highest BCUT2D eigenvalue weighted by atomic mass is 19.1. The fourth-order valence-electron chi connectivity index (χ4n) is 3.77. The van der Waals surface area contributed by atoms with Gasteiger partial charge in [0.1, 0.15) is 5.82 Å². The Labute approximate surface area is 166 Å². The quantitative estimate of drug-likeness (QED) is 0.785. The van der Waals surface area contributed by atoms with E-state index in [0.29, 0.717) is 38.0 Å². The fourth-order valence-corrected chi connectivity index (χ4v) is 3.77. The Hall–Kier alpha value is -2.69. The second kappa shape index (κ2) is 9.00. The van der Waals surface area contributed by atoms with E-state index in [0.717, 1.165) is 11.3 Å². The summed E-state index contributed by atoms with van der Waals surface area (Å²) in [6.07, 6.45) is 1.35. The normalized spacial score (nSPS) is 14.8. The lowest BCUT2D eigenvalue weighted by molar-refractivity contribution is -0.134. The first-order valence-corrected chi connectivity index (χ1v) is 9.88. The third-order valence-corrected chi connectivity index (χ3v) is 5.39. The van der Waals surface area contributed by atoms with Crippen LogP contribution in [-0.4, -0.2) is 36.3 Å². The van der Waals surface area contributed by atoms with Crippen LogP contribution in [0.1, 0.15) is 30.9 Å². The van der Waals surface area contributed by atoms with Crippen molar-refractivity contribution in [2.24, 2.45) is 5.92 Å². The Balaban J connectivity index is 1.59. The predicted molar refractivity (Wildman–Crippen MR) is 109 cm³/mol. The van der Waals surface area contributed by atoms with Gasteiger partial charge in [0.25, 0.3) is 0 Å². The molecule has 0 unspecified atom stereocenters. The number of anilines is 1. The van der Waals surface area contributed by atoms with Crippen LogP contribution in [0.15, 0.2) is 48.5 Å². The molecule has 0 bridgehead atoms. The number of likely N-dealkylation sites (tertiary alicyclic amines) is 1. The van der Waals surface area contributed by atoms with Crippen molar-refractivity contribution in [2.45, 2.75) is 33.1 Å². The third kappa shape index (κ3) is 4.58. The van der Waals surface area contributed by atoms with E-state index in [4.69, 9.17) is 0 Å². The van der Waals surface area contributed by atoms with Gasteiger partial charge >= 0.3 is 0 Å². The van der Waals surface area contributed by atoms with Crippen LogP contribution < -0.4 is 4.90 Å². The number of nitrogens with zero attached hydrogens (tertiary/aromatic N) is 2. The molecule has 0 N–H and O–H groups in total. The topological polar surface area (TPSA) is 40.6 Å². The molecule has 4 nitrogen and oxygen atoms in total. The molecule has 1 saturated heterocycles. The highest BCUT2D eigenvalue weighted by molar-refractivity contribution is 5.95. The first-order valence-electron chi connectivity index (χ1n) is 9.88. The van der Waals surface area contributed by atoms with Crippen LogP contribution >= 0.6 is 0 Å². The molecule has 1 fully saturated rings. The first-order chi connectivity index (χ1) is 13.5. The average molecular weight is 382 g/mol. The van der Waals surface area contributed by atoms with Gasteiger partial charge in [-0.3, -0.25) is 9.59 Å². The van der Waals surface area contributed by atoms with Crippen LogP contribution in [0.25, 0.3) is 0 Å². The molecule has 0 saturated carbocycles. The number of amides is 2. The molecule has 1 aliphatic heterocycles. The van der Waals surface area contributed by atoms with Gasteiger partial charge in [-0.15, -0.1) is 0 Å². The van der Waals surface area contributed by atoms with Crippen molar-refractivity contribution in [1.29, 1.82) is 0 Å². The second-order valence-corrected chi connectivity index (χ2v) is 7.34. The number of piperidine rings is 1. The van der Waals surface area contributed by atoms with Gasteiger partial charge in [0.15, 0.2) is 0 Å². The van der Waals surface area contributed by atoms with E-state index < -0.39 is 0 Å². The minimum absolute atomic E-state index is 0.0651. The lowest BCUT2D eigenvalue weighted by Crippen LogP contribution is -2.45. The molecule has 1 heterocycles. The Bertz CT molecular complexity index is 844. The number of hydrogen-bond donors (Lipinski definition) is 0. The number of hydrogen-bond acceptors (Lipinski definition) is 2. The van der Waals surface area contributed by atoms with E-state index >= 15 is 0 Å². The van der Waals surface area contributed by atoms with E-state index in [2.05, 4.69) is 0 Å². The molecule has 0 atom stereocenters. The van der Waals surface area contributed by atoms with E-state index in [1.54, 1.807) is 23.1 Å². The Morgan fingerprint density at radius 1 is 1.11 bits per heavy atom. The molecule has 0 aliphatic carbocycles. The van der Waals surface area contributed by atoms with Gasteiger partial charge in [0, 0.05) is 31.2 Å². The third-order valence-electron chi connectivity index (χ3n) is 5.39. The molecule has 2 aromatic carbocycles. The lowest BCUT2D eigenvalue weighted by Gasteiger charge is -2.34. The summed E-state index contributed by atoms with van der Waals surface area (Å²) >= 11 is 0. The molecular formula is C23H27FN2O2. The van der Waals surface area contributed by atoms with Crippen LogP contribution in [0.2, 0.25) is 0 Å². The Morgan fingerprint density at radius 3 is 2.46 bits per heavy atom. The van der Waals surface area contributed by atoms with Crippen molar-refractivity contribution in [2.75, 3.05) is 24.5 Å². The van der Waals surface area contributed by atoms with Crippen LogP contribution in [0.3, 0.4) is 0 Å². The summed E-state index contributed by atoms with van der Waals surface area (Å²) in [5.74, 6) is -0.396. The van der Waals surface area contributed by atoms with Gasteiger partial charge in [-0.05, 0) is 56.0 Å². The average Bonchev–Trinajstić information content (AvgIpc) is 2.70. The number of carbonyl (C=O) groups is 2. The summed E-state index contributed by atoms with van der Waals surface area (Å²) in [5.41, 5.74) is 2.46. The standard InChI is InChI=1S/C23H27FN2O2/c1-3-26(20-9-6-7-17(2)15-20)23(28)18-11-13-25(14-12-18)22(27)16-19-8-4-5-10-21(19)24/h4-10,15,18H,3,11-14,16H2,1-2H3. The molecule has 0 radical (unpaired) electrons. The minimum atomic E-state index is -0.349. The molecule has 2 aromatic rings. The highest BCUT2D eigenvalue weighted by Crippen LogP contribution is 2.24. The molecule has 0 aromatic heterocycles. The van der Waals surface area contributed by atoms with Crippen LogP contribution in [0.4, 0.5) is 10.1 Å². The van der Waals surface area contributed by atoms with E-state index in [9.17, 15) is 14.0 Å². The van der Waals surface area contributed by atoms with Crippen molar-refractivity contribution in [3.8, 4) is 0 Å². The van der Waals surface area contributed by atoms with Crippen molar-refractivity contribution in [3.63, 3.8) is 0 Å². The van der Waals surface area contributed by atoms with Gasteiger partial charge in [-0.1, -0.05) is 30.3 Å². The molecule has 1 aliphatic rings. The molecular weight excluding hydrogens is 355 g/mol. The van der Waals surface area contributed by atoms with E-state index in [1.807, 2.05) is 43.0 Å². The van der Waals surface area contributed by atoms with Crippen molar-refractivity contribution < 1.29 is 14.0 Å². The van der Waals surface area contributed by atoms with Gasteiger partial charge in [-0.25, -0.2) is 4.39 Å².